The van der Waals surface area contributed by atoms with E-state index in [9.17, 15) is 9.59 Å². The number of hydrogen-bond acceptors (Lipinski definition) is 6. The van der Waals surface area contributed by atoms with Gasteiger partial charge in [-0.1, -0.05) is 18.7 Å². The van der Waals surface area contributed by atoms with Gasteiger partial charge < -0.3 is 10.5 Å². The number of rotatable bonds is 5. The number of carbonyl (C=O) groups is 1. The Morgan fingerprint density at radius 3 is 3.04 bits per heavy atom. The fourth-order valence-electron chi connectivity index (χ4n) is 3.80. The number of carbonyl (C=O) groups excluding carboxylic acids is 1. The Labute approximate surface area is 160 Å². The van der Waals surface area contributed by atoms with Crippen molar-refractivity contribution in [2.45, 2.75) is 56.8 Å². The maximum atomic E-state index is 13.3. The van der Waals surface area contributed by atoms with E-state index >= 15 is 0 Å². The van der Waals surface area contributed by atoms with Crippen molar-refractivity contribution in [3.05, 3.63) is 20.8 Å². The molecule has 8 heteroatoms. The van der Waals surface area contributed by atoms with E-state index in [1.54, 1.807) is 15.9 Å². The molecule has 0 spiro atoms. The van der Waals surface area contributed by atoms with Gasteiger partial charge in [-0.15, -0.1) is 11.3 Å². The van der Waals surface area contributed by atoms with Crippen LogP contribution in [0.1, 0.15) is 36.6 Å². The summed E-state index contributed by atoms with van der Waals surface area (Å²) in [4.78, 5) is 31.4. The Balaban J connectivity index is 1.81. The van der Waals surface area contributed by atoms with Crippen molar-refractivity contribution in [3.8, 4) is 0 Å². The SMILES string of the molecule is CC1CCc2c(sc3nc(SCC(N)=O)n(CC4CCCO4)c(=O)c23)C1. The van der Waals surface area contributed by atoms with Crippen LogP contribution in [0.25, 0.3) is 10.2 Å². The van der Waals surface area contributed by atoms with Crippen molar-refractivity contribution in [1.82, 2.24) is 9.55 Å². The number of nitrogens with zero attached hydrogens (tertiary/aromatic N) is 2. The molecule has 6 nitrogen and oxygen atoms in total. The molecule has 0 bridgehead atoms. The summed E-state index contributed by atoms with van der Waals surface area (Å²) >= 11 is 2.87. The lowest BCUT2D eigenvalue weighted by molar-refractivity contribution is -0.115. The van der Waals surface area contributed by atoms with Crippen molar-refractivity contribution in [1.29, 1.82) is 0 Å². The smallest absolute Gasteiger partial charge is 0.263 e. The molecule has 140 valence electrons. The summed E-state index contributed by atoms with van der Waals surface area (Å²) in [6, 6.07) is 0. The maximum Gasteiger partial charge on any atom is 0.263 e. The van der Waals surface area contributed by atoms with Gasteiger partial charge in [-0.25, -0.2) is 4.98 Å². The van der Waals surface area contributed by atoms with Crippen molar-refractivity contribution in [3.63, 3.8) is 0 Å². The normalized spacial score (nSPS) is 22.7. The largest absolute Gasteiger partial charge is 0.376 e. The first kappa shape index (κ1) is 18.0. The zero-order valence-corrected chi connectivity index (χ0v) is 16.5. The average Bonchev–Trinajstić information content (AvgIpc) is 3.22. The van der Waals surface area contributed by atoms with E-state index in [1.165, 1.54) is 22.2 Å². The van der Waals surface area contributed by atoms with Gasteiger partial charge >= 0.3 is 0 Å². The molecule has 0 saturated carbocycles. The van der Waals surface area contributed by atoms with Crippen molar-refractivity contribution in [2.75, 3.05) is 12.4 Å². The van der Waals surface area contributed by atoms with E-state index in [-0.39, 0.29) is 17.4 Å². The second-order valence-electron chi connectivity index (χ2n) is 7.23. The molecular weight excluding hydrogens is 370 g/mol. The number of thioether (sulfide) groups is 1. The van der Waals surface area contributed by atoms with Crippen LogP contribution in [-0.4, -0.2) is 33.9 Å². The molecule has 2 aliphatic rings. The highest BCUT2D eigenvalue weighted by atomic mass is 32.2. The highest BCUT2D eigenvalue weighted by Crippen LogP contribution is 2.36. The molecule has 2 aromatic heterocycles. The number of aromatic nitrogens is 2. The molecule has 2 aromatic rings. The van der Waals surface area contributed by atoms with Crippen molar-refractivity contribution < 1.29 is 9.53 Å². The zero-order chi connectivity index (χ0) is 18.3. The van der Waals surface area contributed by atoms with E-state index in [2.05, 4.69) is 6.92 Å². The highest BCUT2D eigenvalue weighted by molar-refractivity contribution is 7.99. The van der Waals surface area contributed by atoms with Crippen LogP contribution in [0.2, 0.25) is 0 Å². The molecule has 1 saturated heterocycles. The van der Waals surface area contributed by atoms with Crippen LogP contribution in [-0.2, 0) is 28.9 Å². The Morgan fingerprint density at radius 1 is 1.46 bits per heavy atom. The predicted octanol–water partition coefficient (Wildman–Crippen LogP) is 2.34. The fraction of sp³-hybridized carbons (Fsp3) is 0.611. The van der Waals surface area contributed by atoms with Gasteiger partial charge in [0.1, 0.15) is 4.83 Å². The second-order valence-corrected chi connectivity index (χ2v) is 9.26. The Morgan fingerprint density at radius 2 is 2.31 bits per heavy atom. The molecule has 1 aliphatic carbocycles. The average molecular weight is 394 g/mol. The summed E-state index contributed by atoms with van der Waals surface area (Å²) in [6.45, 7) is 3.49. The molecular formula is C18H23N3O3S2. The Bertz CT molecular complexity index is 899. The van der Waals surface area contributed by atoms with Gasteiger partial charge in [0.2, 0.25) is 5.91 Å². The number of primary amides is 1. The fourth-order valence-corrected chi connectivity index (χ4v) is 5.98. The van der Waals surface area contributed by atoms with Crippen LogP contribution in [0.5, 0.6) is 0 Å². The molecule has 3 heterocycles. The summed E-state index contributed by atoms with van der Waals surface area (Å²) in [7, 11) is 0. The first-order valence-electron chi connectivity index (χ1n) is 9.10. The first-order valence-corrected chi connectivity index (χ1v) is 10.9. The van der Waals surface area contributed by atoms with E-state index in [0.29, 0.717) is 17.6 Å². The van der Waals surface area contributed by atoms with Crippen LogP contribution < -0.4 is 11.3 Å². The van der Waals surface area contributed by atoms with Gasteiger partial charge in [-0.05, 0) is 43.6 Å². The Kier molecular flexibility index (Phi) is 5.07. The Hall–Kier alpha value is -1.38. The third-order valence-electron chi connectivity index (χ3n) is 5.13. The summed E-state index contributed by atoms with van der Waals surface area (Å²) < 4.78 is 7.43. The summed E-state index contributed by atoms with van der Waals surface area (Å²) in [5, 5.41) is 1.35. The quantitative estimate of drug-likeness (QED) is 0.622. The number of ether oxygens (including phenoxy) is 1. The standard InChI is InChI=1S/C18H23N3O3S2/c1-10-4-5-12-13(7-10)26-16-15(12)17(23)21(8-11-3-2-6-24-11)18(20-16)25-9-14(19)22/h10-11H,2-9H2,1H3,(H2,19,22). The van der Waals surface area contributed by atoms with Gasteiger partial charge in [-0.2, -0.15) is 0 Å². The summed E-state index contributed by atoms with van der Waals surface area (Å²) in [6.07, 6.45) is 5.08. The molecule has 0 radical (unpaired) electrons. The molecule has 2 unspecified atom stereocenters. The van der Waals surface area contributed by atoms with Crippen molar-refractivity contribution in [2.24, 2.45) is 11.7 Å². The number of thiophene rings is 1. The molecule has 1 fully saturated rings. The third-order valence-corrected chi connectivity index (χ3v) is 7.28. The molecule has 0 aromatic carbocycles. The molecule has 2 atom stereocenters. The molecule has 26 heavy (non-hydrogen) atoms. The lowest BCUT2D eigenvalue weighted by Gasteiger charge is -2.18. The van der Waals surface area contributed by atoms with Gasteiger partial charge in [0.15, 0.2) is 5.16 Å². The lowest BCUT2D eigenvalue weighted by Crippen LogP contribution is -2.29. The third kappa shape index (κ3) is 3.42. The minimum atomic E-state index is -0.410. The topological polar surface area (TPSA) is 87.2 Å². The highest BCUT2D eigenvalue weighted by Gasteiger charge is 2.26. The van der Waals surface area contributed by atoms with Crippen LogP contribution in [0.15, 0.2) is 9.95 Å². The van der Waals surface area contributed by atoms with Crippen LogP contribution in [0, 0.1) is 5.92 Å². The number of aryl methyl sites for hydroxylation is 1. The maximum absolute atomic E-state index is 13.3. The van der Waals surface area contributed by atoms with E-state index in [0.717, 1.165) is 48.9 Å². The van der Waals surface area contributed by atoms with E-state index in [1.807, 2.05) is 0 Å². The van der Waals surface area contributed by atoms with Gasteiger partial charge in [0.05, 0.1) is 23.8 Å². The summed E-state index contributed by atoms with van der Waals surface area (Å²) in [5.74, 6) is 0.353. The zero-order valence-electron chi connectivity index (χ0n) is 14.8. The number of nitrogens with two attached hydrogens (primary N) is 1. The van der Waals surface area contributed by atoms with Crippen LogP contribution >= 0.6 is 23.1 Å². The number of amides is 1. The molecule has 1 aliphatic heterocycles. The van der Waals surface area contributed by atoms with Gasteiger partial charge in [0.25, 0.3) is 5.56 Å². The first-order chi connectivity index (χ1) is 12.5. The lowest BCUT2D eigenvalue weighted by atomic mass is 9.89. The molecule has 1 amide bonds. The van der Waals surface area contributed by atoms with Gasteiger partial charge in [-0.3, -0.25) is 14.2 Å². The number of fused-ring (bicyclic) bond motifs is 3. The van der Waals surface area contributed by atoms with E-state index in [4.69, 9.17) is 15.5 Å². The van der Waals surface area contributed by atoms with Crippen LogP contribution in [0.4, 0.5) is 0 Å². The predicted molar refractivity (Wildman–Crippen MR) is 104 cm³/mol. The van der Waals surface area contributed by atoms with Crippen LogP contribution in [0.3, 0.4) is 0 Å². The monoisotopic (exact) mass is 393 g/mol. The van der Waals surface area contributed by atoms with Crippen molar-refractivity contribution >= 4 is 39.2 Å². The van der Waals surface area contributed by atoms with Gasteiger partial charge in [0, 0.05) is 11.5 Å². The number of hydrogen-bond donors (Lipinski definition) is 1. The van der Waals surface area contributed by atoms with E-state index < -0.39 is 5.91 Å². The molecule has 4 rings (SSSR count). The minimum absolute atomic E-state index is 0.00419. The second kappa shape index (κ2) is 7.32. The molecule has 2 N–H and O–H groups in total. The summed E-state index contributed by atoms with van der Waals surface area (Å²) in [5.41, 5.74) is 6.49. The minimum Gasteiger partial charge on any atom is -0.376 e.